The SMILES string of the molecule is O=C(Nc1ccccc1CN1CCCCC1)c1cc(F)cc(-c2ccccn2)c1. The van der Waals surface area contributed by atoms with E-state index >= 15 is 0 Å². The van der Waals surface area contributed by atoms with Crippen molar-refractivity contribution in [1.29, 1.82) is 0 Å². The van der Waals surface area contributed by atoms with Crippen LogP contribution >= 0.6 is 0 Å². The monoisotopic (exact) mass is 389 g/mol. The second-order valence-corrected chi connectivity index (χ2v) is 7.39. The van der Waals surface area contributed by atoms with Crippen LogP contribution in [0, 0.1) is 5.82 Å². The van der Waals surface area contributed by atoms with Crippen LogP contribution in [0.4, 0.5) is 10.1 Å². The summed E-state index contributed by atoms with van der Waals surface area (Å²) >= 11 is 0. The van der Waals surface area contributed by atoms with Gasteiger partial charge < -0.3 is 5.32 Å². The summed E-state index contributed by atoms with van der Waals surface area (Å²) in [6.07, 6.45) is 5.37. The molecule has 1 saturated heterocycles. The lowest BCUT2D eigenvalue weighted by Crippen LogP contribution is -2.29. The molecule has 0 bridgehead atoms. The zero-order chi connectivity index (χ0) is 20.1. The highest BCUT2D eigenvalue weighted by atomic mass is 19.1. The fourth-order valence-electron chi connectivity index (χ4n) is 3.74. The molecule has 0 saturated carbocycles. The minimum atomic E-state index is -0.458. The van der Waals surface area contributed by atoms with E-state index in [1.165, 1.54) is 31.4 Å². The van der Waals surface area contributed by atoms with Crippen LogP contribution in [0.1, 0.15) is 35.2 Å². The zero-order valence-corrected chi connectivity index (χ0v) is 16.3. The summed E-state index contributed by atoms with van der Waals surface area (Å²) in [5.41, 5.74) is 3.33. The Labute approximate surface area is 170 Å². The molecule has 1 aliphatic rings. The number of halogens is 1. The van der Waals surface area contributed by atoms with Gasteiger partial charge in [-0.25, -0.2) is 4.39 Å². The fraction of sp³-hybridized carbons (Fsp3) is 0.250. The number of hydrogen-bond donors (Lipinski definition) is 1. The Bertz CT molecular complexity index is 984. The summed E-state index contributed by atoms with van der Waals surface area (Å²) in [7, 11) is 0. The first-order valence-corrected chi connectivity index (χ1v) is 10.0. The van der Waals surface area contributed by atoms with Gasteiger partial charge in [-0.1, -0.05) is 30.7 Å². The van der Waals surface area contributed by atoms with Crippen molar-refractivity contribution in [1.82, 2.24) is 9.88 Å². The van der Waals surface area contributed by atoms with Crippen molar-refractivity contribution in [3.63, 3.8) is 0 Å². The van der Waals surface area contributed by atoms with E-state index in [0.29, 0.717) is 11.3 Å². The van der Waals surface area contributed by atoms with Gasteiger partial charge in [0.1, 0.15) is 5.82 Å². The van der Waals surface area contributed by atoms with Crippen LogP contribution in [-0.2, 0) is 6.54 Å². The number of rotatable bonds is 5. The largest absolute Gasteiger partial charge is 0.322 e. The topological polar surface area (TPSA) is 45.2 Å². The third kappa shape index (κ3) is 4.87. The predicted octanol–water partition coefficient (Wildman–Crippen LogP) is 5.13. The average molecular weight is 389 g/mol. The number of carbonyl (C=O) groups is 1. The molecule has 1 aliphatic heterocycles. The van der Waals surface area contributed by atoms with Crippen molar-refractivity contribution in [3.8, 4) is 11.3 Å². The predicted molar refractivity (Wildman–Crippen MR) is 113 cm³/mol. The number of benzene rings is 2. The molecule has 1 N–H and O–H groups in total. The van der Waals surface area contributed by atoms with Crippen molar-refractivity contribution < 1.29 is 9.18 Å². The Balaban J connectivity index is 1.55. The molecular formula is C24H24FN3O. The van der Waals surface area contributed by atoms with Crippen LogP contribution in [0.15, 0.2) is 66.9 Å². The van der Waals surface area contributed by atoms with E-state index < -0.39 is 5.82 Å². The Morgan fingerprint density at radius 3 is 2.59 bits per heavy atom. The molecule has 1 aromatic heterocycles. The molecular weight excluding hydrogens is 365 g/mol. The van der Waals surface area contributed by atoms with Gasteiger partial charge in [0.05, 0.1) is 5.69 Å². The summed E-state index contributed by atoms with van der Waals surface area (Å²) in [5, 5.41) is 2.97. The van der Waals surface area contributed by atoms with Crippen LogP contribution in [0.3, 0.4) is 0 Å². The van der Waals surface area contributed by atoms with Gasteiger partial charge in [0, 0.05) is 29.6 Å². The lowest BCUT2D eigenvalue weighted by atomic mass is 10.1. The Morgan fingerprint density at radius 2 is 1.79 bits per heavy atom. The third-order valence-corrected chi connectivity index (χ3v) is 5.23. The van der Waals surface area contributed by atoms with Gasteiger partial charge in [0.2, 0.25) is 0 Å². The number of likely N-dealkylation sites (tertiary alicyclic amines) is 1. The van der Waals surface area contributed by atoms with Gasteiger partial charge in [0.25, 0.3) is 5.91 Å². The number of nitrogens with one attached hydrogen (secondary N) is 1. The normalized spacial score (nSPS) is 14.5. The zero-order valence-electron chi connectivity index (χ0n) is 16.3. The van der Waals surface area contributed by atoms with Crippen molar-refractivity contribution in [2.75, 3.05) is 18.4 Å². The van der Waals surface area contributed by atoms with Gasteiger partial charge in [-0.15, -0.1) is 0 Å². The molecule has 0 spiro atoms. The third-order valence-electron chi connectivity index (χ3n) is 5.23. The number of pyridine rings is 1. The highest BCUT2D eigenvalue weighted by Gasteiger charge is 2.15. The molecule has 0 atom stereocenters. The molecule has 1 amide bonds. The van der Waals surface area contributed by atoms with E-state index in [-0.39, 0.29) is 11.5 Å². The molecule has 3 aromatic rings. The van der Waals surface area contributed by atoms with Crippen LogP contribution in [-0.4, -0.2) is 28.9 Å². The molecule has 29 heavy (non-hydrogen) atoms. The first-order valence-electron chi connectivity index (χ1n) is 10.0. The van der Waals surface area contributed by atoms with Crippen molar-refractivity contribution in [2.24, 2.45) is 0 Å². The number of piperidine rings is 1. The molecule has 0 unspecified atom stereocenters. The van der Waals surface area contributed by atoms with Crippen molar-refractivity contribution in [2.45, 2.75) is 25.8 Å². The van der Waals surface area contributed by atoms with E-state index in [4.69, 9.17) is 0 Å². The Hall–Kier alpha value is -3.05. The summed E-state index contributed by atoms with van der Waals surface area (Å²) in [4.78, 5) is 19.5. The Morgan fingerprint density at radius 1 is 1.00 bits per heavy atom. The molecule has 4 rings (SSSR count). The smallest absolute Gasteiger partial charge is 0.255 e. The van der Waals surface area contributed by atoms with E-state index in [1.54, 1.807) is 24.4 Å². The lowest BCUT2D eigenvalue weighted by Gasteiger charge is -2.27. The number of hydrogen-bond acceptors (Lipinski definition) is 3. The van der Waals surface area contributed by atoms with Crippen LogP contribution in [0.25, 0.3) is 11.3 Å². The van der Waals surface area contributed by atoms with Gasteiger partial charge in [-0.2, -0.15) is 0 Å². The number of aromatic nitrogens is 1. The van der Waals surface area contributed by atoms with Crippen molar-refractivity contribution in [3.05, 3.63) is 83.8 Å². The second kappa shape index (κ2) is 8.97. The lowest BCUT2D eigenvalue weighted by molar-refractivity contribution is 0.102. The van der Waals surface area contributed by atoms with Crippen molar-refractivity contribution >= 4 is 11.6 Å². The molecule has 5 heteroatoms. The summed E-state index contributed by atoms with van der Waals surface area (Å²) in [5.74, 6) is -0.785. The molecule has 2 heterocycles. The number of anilines is 1. The number of carbonyl (C=O) groups excluding carboxylic acids is 1. The number of nitrogens with zero attached hydrogens (tertiary/aromatic N) is 2. The number of para-hydroxylation sites is 1. The summed E-state index contributed by atoms with van der Waals surface area (Å²) in [6.45, 7) is 2.97. The van der Waals surface area contributed by atoms with Crippen LogP contribution in [0.2, 0.25) is 0 Å². The molecule has 0 aliphatic carbocycles. The molecule has 1 fully saturated rings. The Kier molecular flexibility index (Phi) is 5.96. The average Bonchev–Trinajstić information content (AvgIpc) is 2.76. The van der Waals surface area contributed by atoms with E-state index in [2.05, 4.69) is 15.2 Å². The van der Waals surface area contributed by atoms with E-state index in [0.717, 1.165) is 30.9 Å². The quantitative estimate of drug-likeness (QED) is 0.658. The summed E-state index contributed by atoms with van der Waals surface area (Å²) in [6, 6.07) is 17.6. The van der Waals surface area contributed by atoms with Gasteiger partial charge in [-0.3, -0.25) is 14.7 Å². The minimum absolute atomic E-state index is 0.276. The van der Waals surface area contributed by atoms with Gasteiger partial charge >= 0.3 is 0 Å². The minimum Gasteiger partial charge on any atom is -0.322 e. The number of amides is 1. The molecule has 2 aromatic carbocycles. The molecule has 148 valence electrons. The van der Waals surface area contributed by atoms with Crippen LogP contribution < -0.4 is 5.32 Å². The first kappa shape index (κ1) is 19.3. The summed E-state index contributed by atoms with van der Waals surface area (Å²) < 4.78 is 14.2. The van der Waals surface area contributed by atoms with Gasteiger partial charge in [0.15, 0.2) is 0 Å². The molecule has 4 nitrogen and oxygen atoms in total. The highest BCUT2D eigenvalue weighted by Crippen LogP contribution is 2.23. The standard InChI is InChI=1S/C24H24FN3O/c25-21-15-19(22-9-4-5-11-26-22)14-20(16-21)24(29)27-23-10-3-2-8-18(23)17-28-12-6-1-7-13-28/h2-5,8-11,14-16H,1,6-7,12-13,17H2,(H,27,29). The molecule has 0 radical (unpaired) electrons. The maximum Gasteiger partial charge on any atom is 0.255 e. The van der Waals surface area contributed by atoms with E-state index in [1.807, 2.05) is 30.3 Å². The maximum atomic E-state index is 14.2. The second-order valence-electron chi connectivity index (χ2n) is 7.39. The highest BCUT2D eigenvalue weighted by molar-refractivity contribution is 6.05. The maximum absolute atomic E-state index is 14.2. The van der Waals surface area contributed by atoms with Gasteiger partial charge in [-0.05, 0) is 67.9 Å². The van der Waals surface area contributed by atoms with Crippen LogP contribution in [0.5, 0.6) is 0 Å². The fourth-order valence-corrected chi connectivity index (χ4v) is 3.74. The first-order chi connectivity index (χ1) is 14.2. The van der Waals surface area contributed by atoms with E-state index in [9.17, 15) is 9.18 Å².